The van der Waals surface area contributed by atoms with Gasteiger partial charge in [-0.05, 0) is 32.8 Å². The van der Waals surface area contributed by atoms with E-state index in [1.54, 1.807) is 4.68 Å². The molecule has 0 unspecified atom stereocenters. The quantitative estimate of drug-likeness (QED) is 0.838. The molecule has 0 spiro atoms. The summed E-state index contributed by atoms with van der Waals surface area (Å²) in [4.78, 5) is 19.1. The van der Waals surface area contributed by atoms with Crippen molar-refractivity contribution >= 4 is 5.91 Å². The highest BCUT2D eigenvalue weighted by Crippen LogP contribution is 2.29. The maximum absolute atomic E-state index is 12.5. The fourth-order valence-corrected chi connectivity index (χ4v) is 3.94. The number of carbonyl (C=O) groups is 1. The highest BCUT2D eigenvalue weighted by atomic mass is 16.5. The molecule has 140 valence electrons. The van der Waals surface area contributed by atoms with Gasteiger partial charge in [-0.1, -0.05) is 0 Å². The molecule has 0 radical (unpaired) electrons. The Morgan fingerprint density at radius 3 is 2.62 bits per heavy atom. The van der Waals surface area contributed by atoms with E-state index in [0.29, 0.717) is 17.5 Å². The molecule has 0 aliphatic carbocycles. The summed E-state index contributed by atoms with van der Waals surface area (Å²) in [6, 6.07) is 1.86. The summed E-state index contributed by atoms with van der Waals surface area (Å²) in [5.74, 6) is 2.20. The number of amides is 1. The molecule has 4 heterocycles. The van der Waals surface area contributed by atoms with Crippen molar-refractivity contribution in [2.45, 2.75) is 39.2 Å². The first-order chi connectivity index (χ1) is 12.5. The van der Waals surface area contributed by atoms with Gasteiger partial charge in [-0.3, -0.25) is 9.48 Å². The molecule has 1 amide bonds. The molecule has 2 fully saturated rings. The molecule has 4 rings (SSSR count). The van der Waals surface area contributed by atoms with Gasteiger partial charge in [0.15, 0.2) is 5.69 Å². The Morgan fingerprint density at radius 2 is 1.96 bits per heavy atom. The lowest BCUT2D eigenvalue weighted by Crippen LogP contribution is -2.51. The normalized spacial score (nSPS) is 19.0. The molecule has 0 atom stereocenters. The zero-order valence-corrected chi connectivity index (χ0v) is 15.8. The van der Waals surface area contributed by atoms with Gasteiger partial charge >= 0.3 is 0 Å². The molecule has 2 aliphatic heterocycles. The third kappa shape index (κ3) is 3.16. The van der Waals surface area contributed by atoms with Gasteiger partial charge in [-0.2, -0.15) is 5.10 Å². The Morgan fingerprint density at radius 1 is 1.23 bits per heavy atom. The molecule has 7 heteroatoms. The summed E-state index contributed by atoms with van der Waals surface area (Å²) in [5.41, 5.74) is 2.75. The number of ether oxygens (including phenoxy) is 1. The van der Waals surface area contributed by atoms with Crippen LogP contribution in [0, 0.1) is 19.8 Å². The van der Waals surface area contributed by atoms with E-state index in [2.05, 4.69) is 21.6 Å². The molecular weight excluding hydrogens is 330 g/mol. The maximum Gasteiger partial charge on any atom is 0.274 e. The second-order valence-corrected chi connectivity index (χ2v) is 7.63. The van der Waals surface area contributed by atoms with E-state index < -0.39 is 0 Å². The Hall–Kier alpha value is -2.15. The monoisotopic (exact) mass is 357 g/mol. The molecule has 7 nitrogen and oxygen atoms in total. The zero-order valence-electron chi connectivity index (χ0n) is 15.8. The van der Waals surface area contributed by atoms with E-state index in [1.165, 1.54) is 11.5 Å². The number of aryl methyl sites for hydroxylation is 3. The molecule has 0 N–H and O–H groups in total. The van der Waals surface area contributed by atoms with Crippen molar-refractivity contribution in [3.63, 3.8) is 0 Å². The third-order valence-corrected chi connectivity index (χ3v) is 5.69. The van der Waals surface area contributed by atoms with Crippen LogP contribution in [0.4, 0.5) is 0 Å². The second-order valence-electron chi connectivity index (χ2n) is 7.63. The molecule has 2 saturated heterocycles. The molecule has 0 aromatic carbocycles. The van der Waals surface area contributed by atoms with Crippen LogP contribution < -0.4 is 0 Å². The van der Waals surface area contributed by atoms with Crippen molar-refractivity contribution in [1.29, 1.82) is 0 Å². The highest BCUT2D eigenvalue weighted by molar-refractivity contribution is 5.92. The summed E-state index contributed by atoms with van der Waals surface area (Å²) >= 11 is 0. The topological polar surface area (TPSA) is 65.2 Å². The number of likely N-dealkylation sites (tertiary alicyclic amines) is 1. The first-order valence-electron chi connectivity index (χ1n) is 9.42. The SMILES string of the molecule is Cc1cc(C(=O)N2CC(Cn3c(C)cnc3C3CCOCC3)C2)nn1C. The van der Waals surface area contributed by atoms with Crippen LogP contribution in [0.5, 0.6) is 0 Å². The van der Waals surface area contributed by atoms with Crippen LogP contribution in [0.3, 0.4) is 0 Å². The Kier molecular flexibility index (Phi) is 4.56. The summed E-state index contributed by atoms with van der Waals surface area (Å²) in [7, 11) is 1.87. The Labute approximate surface area is 154 Å². The molecule has 0 bridgehead atoms. The van der Waals surface area contributed by atoms with Gasteiger partial charge in [0.1, 0.15) is 5.82 Å². The van der Waals surface area contributed by atoms with E-state index in [-0.39, 0.29) is 5.91 Å². The average Bonchev–Trinajstić information content (AvgIpc) is 3.14. The third-order valence-electron chi connectivity index (χ3n) is 5.69. The fraction of sp³-hybridized carbons (Fsp3) is 0.632. The van der Waals surface area contributed by atoms with E-state index >= 15 is 0 Å². The van der Waals surface area contributed by atoms with Crippen LogP contribution in [0.2, 0.25) is 0 Å². The minimum Gasteiger partial charge on any atom is -0.381 e. The van der Waals surface area contributed by atoms with Crippen LogP contribution in [0.1, 0.15) is 46.5 Å². The van der Waals surface area contributed by atoms with Crippen molar-refractivity contribution in [3.8, 4) is 0 Å². The number of imidazole rings is 1. The molecule has 0 saturated carbocycles. The van der Waals surface area contributed by atoms with Gasteiger partial charge in [-0.25, -0.2) is 4.98 Å². The minimum absolute atomic E-state index is 0.0388. The fourth-order valence-electron chi connectivity index (χ4n) is 3.94. The maximum atomic E-state index is 12.5. The van der Waals surface area contributed by atoms with E-state index in [4.69, 9.17) is 4.74 Å². The molecule has 2 aromatic heterocycles. The second kappa shape index (κ2) is 6.87. The van der Waals surface area contributed by atoms with Gasteiger partial charge in [0.2, 0.25) is 0 Å². The van der Waals surface area contributed by atoms with Gasteiger partial charge in [0.05, 0.1) is 0 Å². The highest BCUT2D eigenvalue weighted by Gasteiger charge is 2.33. The van der Waals surface area contributed by atoms with Crippen LogP contribution >= 0.6 is 0 Å². The number of hydrogen-bond acceptors (Lipinski definition) is 4. The van der Waals surface area contributed by atoms with Crippen LogP contribution in [0.25, 0.3) is 0 Å². The Balaban J connectivity index is 1.38. The number of carbonyl (C=O) groups excluding carboxylic acids is 1. The number of hydrogen-bond donors (Lipinski definition) is 0. The molecule has 26 heavy (non-hydrogen) atoms. The van der Waals surface area contributed by atoms with E-state index in [1.807, 2.05) is 31.1 Å². The van der Waals surface area contributed by atoms with Crippen LogP contribution in [-0.4, -0.2) is 56.4 Å². The van der Waals surface area contributed by atoms with Crippen molar-refractivity contribution < 1.29 is 9.53 Å². The lowest BCUT2D eigenvalue weighted by Gasteiger charge is -2.39. The summed E-state index contributed by atoms with van der Waals surface area (Å²) in [6.07, 6.45) is 4.07. The standard InChI is InChI=1S/C19H27N5O2/c1-13-8-17(21-22(13)3)19(25)23-10-15(11-23)12-24-14(2)9-20-18(24)16-4-6-26-7-5-16/h8-9,15-16H,4-7,10-12H2,1-3H3. The van der Waals surface area contributed by atoms with E-state index in [0.717, 1.165) is 51.4 Å². The smallest absolute Gasteiger partial charge is 0.274 e. The van der Waals surface area contributed by atoms with Gasteiger partial charge in [-0.15, -0.1) is 0 Å². The first kappa shape index (κ1) is 17.3. The lowest BCUT2D eigenvalue weighted by molar-refractivity contribution is 0.0454. The van der Waals surface area contributed by atoms with Crippen molar-refractivity contribution in [2.75, 3.05) is 26.3 Å². The molecule has 2 aromatic rings. The van der Waals surface area contributed by atoms with Gasteiger partial charge in [0, 0.05) is 69.3 Å². The zero-order chi connectivity index (χ0) is 18.3. The summed E-state index contributed by atoms with van der Waals surface area (Å²) in [5, 5.41) is 4.30. The van der Waals surface area contributed by atoms with Gasteiger partial charge < -0.3 is 14.2 Å². The lowest BCUT2D eigenvalue weighted by atomic mass is 9.97. The number of rotatable bonds is 4. The average molecular weight is 357 g/mol. The van der Waals surface area contributed by atoms with Gasteiger partial charge in [0.25, 0.3) is 5.91 Å². The van der Waals surface area contributed by atoms with E-state index in [9.17, 15) is 4.79 Å². The largest absolute Gasteiger partial charge is 0.381 e. The summed E-state index contributed by atoms with van der Waals surface area (Å²) in [6.45, 7) is 8.25. The minimum atomic E-state index is 0.0388. The van der Waals surface area contributed by atoms with Crippen molar-refractivity contribution in [2.24, 2.45) is 13.0 Å². The number of aromatic nitrogens is 4. The number of nitrogens with zero attached hydrogens (tertiary/aromatic N) is 5. The van der Waals surface area contributed by atoms with Crippen molar-refractivity contribution in [1.82, 2.24) is 24.2 Å². The van der Waals surface area contributed by atoms with Crippen LogP contribution in [0.15, 0.2) is 12.3 Å². The van der Waals surface area contributed by atoms with Crippen molar-refractivity contribution in [3.05, 3.63) is 35.2 Å². The first-order valence-corrected chi connectivity index (χ1v) is 9.42. The van der Waals surface area contributed by atoms with Crippen LogP contribution in [-0.2, 0) is 18.3 Å². The molecule has 2 aliphatic rings. The predicted molar refractivity (Wildman–Crippen MR) is 97.1 cm³/mol. The predicted octanol–water partition coefficient (Wildman–Crippen LogP) is 1.90. The summed E-state index contributed by atoms with van der Waals surface area (Å²) < 4.78 is 9.59. The molecular formula is C19H27N5O2. The Bertz CT molecular complexity index is 777.